The van der Waals surface area contributed by atoms with E-state index in [0.717, 1.165) is 12.6 Å². The van der Waals surface area contributed by atoms with Crippen molar-refractivity contribution >= 4 is 23.5 Å². The van der Waals surface area contributed by atoms with Crippen LogP contribution in [0.25, 0.3) is 0 Å². The minimum absolute atomic E-state index is 0.662. The molecule has 0 bridgehead atoms. The SMILES string of the molecule is c1ncn(C2CC2)c1CNC1CSCCSC1. The largest absolute Gasteiger partial charge is 0.330 e. The van der Waals surface area contributed by atoms with Crippen molar-refractivity contribution in [3.05, 3.63) is 18.2 Å². The summed E-state index contributed by atoms with van der Waals surface area (Å²) in [5.41, 5.74) is 1.35. The smallest absolute Gasteiger partial charge is 0.0951 e. The Morgan fingerprint density at radius 3 is 2.76 bits per heavy atom. The Labute approximate surface area is 111 Å². The first-order chi connectivity index (χ1) is 8.43. The van der Waals surface area contributed by atoms with Gasteiger partial charge in [-0.05, 0) is 12.8 Å². The Kier molecular flexibility index (Phi) is 3.98. The van der Waals surface area contributed by atoms with Gasteiger partial charge in [0.05, 0.1) is 12.0 Å². The third-order valence-corrected chi connectivity index (χ3v) is 5.79. The molecular weight excluding hydrogens is 250 g/mol. The lowest BCUT2D eigenvalue weighted by molar-refractivity contribution is 0.569. The number of imidazole rings is 1. The fraction of sp³-hybridized carbons (Fsp3) is 0.750. The highest BCUT2D eigenvalue weighted by Crippen LogP contribution is 2.35. The van der Waals surface area contributed by atoms with Gasteiger partial charge < -0.3 is 9.88 Å². The first-order valence-corrected chi connectivity index (χ1v) is 8.64. The highest BCUT2D eigenvalue weighted by Gasteiger charge is 2.25. The average molecular weight is 269 g/mol. The topological polar surface area (TPSA) is 29.9 Å². The minimum atomic E-state index is 0.662. The van der Waals surface area contributed by atoms with E-state index < -0.39 is 0 Å². The van der Waals surface area contributed by atoms with Crippen LogP contribution in [0.1, 0.15) is 24.6 Å². The first kappa shape index (κ1) is 11.9. The van der Waals surface area contributed by atoms with Crippen LogP contribution < -0.4 is 5.32 Å². The van der Waals surface area contributed by atoms with Crippen molar-refractivity contribution in [2.45, 2.75) is 31.5 Å². The summed E-state index contributed by atoms with van der Waals surface area (Å²) in [5.74, 6) is 5.13. The Hall–Kier alpha value is -0.130. The van der Waals surface area contributed by atoms with Gasteiger partial charge in [0.1, 0.15) is 0 Å². The summed E-state index contributed by atoms with van der Waals surface area (Å²) in [4.78, 5) is 4.28. The van der Waals surface area contributed by atoms with E-state index >= 15 is 0 Å². The summed E-state index contributed by atoms with van der Waals surface area (Å²) < 4.78 is 2.35. The second-order valence-corrected chi connectivity index (χ2v) is 7.05. The molecule has 3 nitrogen and oxygen atoms in total. The van der Waals surface area contributed by atoms with E-state index in [0.29, 0.717) is 6.04 Å². The van der Waals surface area contributed by atoms with Gasteiger partial charge in [-0.25, -0.2) is 4.98 Å². The van der Waals surface area contributed by atoms with Gasteiger partial charge in [-0.2, -0.15) is 23.5 Å². The molecule has 1 saturated heterocycles. The van der Waals surface area contributed by atoms with Crippen molar-refractivity contribution in [3.8, 4) is 0 Å². The average Bonchev–Trinajstić information content (AvgIpc) is 3.13. The monoisotopic (exact) mass is 269 g/mol. The van der Waals surface area contributed by atoms with Gasteiger partial charge in [0, 0.05) is 47.8 Å². The van der Waals surface area contributed by atoms with Gasteiger partial charge in [-0.1, -0.05) is 0 Å². The highest BCUT2D eigenvalue weighted by molar-refractivity contribution is 8.03. The van der Waals surface area contributed by atoms with Gasteiger partial charge in [-0.3, -0.25) is 0 Å². The summed E-state index contributed by atoms with van der Waals surface area (Å²) in [6.07, 6.45) is 6.67. The van der Waals surface area contributed by atoms with Gasteiger partial charge in [0.2, 0.25) is 0 Å². The van der Waals surface area contributed by atoms with Crippen LogP contribution in [0, 0.1) is 0 Å². The molecule has 1 saturated carbocycles. The number of nitrogens with one attached hydrogen (secondary N) is 1. The molecule has 94 valence electrons. The Bertz CT molecular complexity index is 354. The molecule has 0 amide bonds. The molecule has 2 fully saturated rings. The second kappa shape index (κ2) is 5.67. The molecule has 1 N–H and O–H groups in total. The summed E-state index contributed by atoms with van der Waals surface area (Å²) in [6, 6.07) is 1.40. The van der Waals surface area contributed by atoms with E-state index in [4.69, 9.17) is 0 Å². The Balaban J connectivity index is 1.53. The first-order valence-electron chi connectivity index (χ1n) is 6.33. The summed E-state index contributed by atoms with van der Waals surface area (Å²) >= 11 is 4.16. The zero-order valence-electron chi connectivity index (χ0n) is 9.97. The van der Waals surface area contributed by atoms with E-state index in [1.165, 1.54) is 41.5 Å². The van der Waals surface area contributed by atoms with E-state index in [-0.39, 0.29) is 0 Å². The van der Waals surface area contributed by atoms with Gasteiger partial charge >= 0.3 is 0 Å². The predicted molar refractivity (Wildman–Crippen MR) is 75.8 cm³/mol. The lowest BCUT2D eigenvalue weighted by Crippen LogP contribution is -2.33. The van der Waals surface area contributed by atoms with Gasteiger partial charge in [0.15, 0.2) is 0 Å². The zero-order valence-corrected chi connectivity index (χ0v) is 11.6. The lowest BCUT2D eigenvalue weighted by atomic mass is 10.3. The Morgan fingerprint density at radius 2 is 2.06 bits per heavy atom. The maximum absolute atomic E-state index is 4.28. The minimum Gasteiger partial charge on any atom is -0.330 e. The van der Waals surface area contributed by atoms with Crippen LogP contribution in [0.3, 0.4) is 0 Å². The van der Waals surface area contributed by atoms with Crippen LogP contribution in [-0.4, -0.2) is 38.6 Å². The molecule has 0 spiro atoms. The lowest BCUT2D eigenvalue weighted by Gasteiger charge is -2.16. The maximum atomic E-state index is 4.28. The molecule has 0 radical (unpaired) electrons. The number of aromatic nitrogens is 2. The van der Waals surface area contributed by atoms with Crippen molar-refractivity contribution < 1.29 is 0 Å². The molecule has 0 aromatic carbocycles. The van der Waals surface area contributed by atoms with Crippen LogP contribution in [0.4, 0.5) is 0 Å². The van der Waals surface area contributed by atoms with E-state index in [1.54, 1.807) is 0 Å². The van der Waals surface area contributed by atoms with Crippen LogP contribution in [0.2, 0.25) is 0 Å². The molecule has 2 heterocycles. The van der Waals surface area contributed by atoms with E-state index in [9.17, 15) is 0 Å². The van der Waals surface area contributed by atoms with Crippen molar-refractivity contribution in [1.29, 1.82) is 0 Å². The number of nitrogens with zero attached hydrogens (tertiary/aromatic N) is 2. The fourth-order valence-corrected chi connectivity index (χ4v) is 4.60. The van der Waals surface area contributed by atoms with E-state index in [1.807, 2.05) is 12.5 Å². The normalized spacial score (nSPS) is 22.6. The molecular formula is C12H19N3S2. The van der Waals surface area contributed by atoms with Crippen molar-refractivity contribution in [2.75, 3.05) is 23.0 Å². The third kappa shape index (κ3) is 3.20. The predicted octanol–water partition coefficient (Wildman–Crippen LogP) is 2.16. The summed E-state index contributed by atoms with van der Waals surface area (Å²) in [6.45, 7) is 0.974. The third-order valence-electron chi connectivity index (χ3n) is 3.27. The van der Waals surface area contributed by atoms with E-state index in [2.05, 4.69) is 38.4 Å². The Morgan fingerprint density at radius 1 is 1.29 bits per heavy atom. The molecule has 17 heavy (non-hydrogen) atoms. The van der Waals surface area contributed by atoms with Gasteiger partial charge in [0.25, 0.3) is 0 Å². The van der Waals surface area contributed by atoms with Crippen LogP contribution in [-0.2, 0) is 6.54 Å². The number of hydrogen-bond donors (Lipinski definition) is 1. The standard InChI is InChI=1S/C12H19N3S2/c1-2-11(1)15-9-13-5-12(15)6-14-10-7-16-3-4-17-8-10/h5,9-11,14H,1-4,6-8H2. The molecule has 2 aliphatic rings. The number of hydrogen-bond acceptors (Lipinski definition) is 4. The molecule has 1 aromatic rings. The fourth-order valence-electron chi connectivity index (χ4n) is 2.13. The molecule has 5 heteroatoms. The molecule has 0 atom stereocenters. The van der Waals surface area contributed by atoms with Crippen LogP contribution >= 0.6 is 23.5 Å². The maximum Gasteiger partial charge on any atom is 0.0951 e. The number of thioether (sulfide) groups is 2. The van der Waals surface area contributed by atoms with Crippen LogP contribution in [0.15, 0.2) is 12.5 Å². The van der Waals surface area contributed by atoms with Crippen LogP contribution in [0.5, 0.6) is 0 Å². The molecule has 1 aliphatic carbocycles. The summed E-state index contributed by atoms with van der Waals surface area (Å²) in [5, 5.41) is 3.68. The molecule has 1 aliphatic heterocycles. The molecule has 0 unspecified atom stereocenters. The van der Waals surface area contributed by atoms with Gasteiger partial charge in [-0.15, -0.1) is 0 Å². The zero-order chi connectivity index (χ0) is 11.5. The van der Waals surface area contributed by atoms with Crippen molar-refractivity contribution in [2.24, 2.45) is 0 Å². The molecule has 1 aromatic heterocycles. The number of rotatable bonds is 4. The highest BCUT2D eigenvalue weighted by atomic mass is 32.2. The quantitative estimate of drug-likeness (QED) is 0.907. The second-order valence-electron chi connectivity index (χ2n) is 4.75. The van der Waals surface area contributed by atoms with Crippen molar-refractivity contribution in [3.63, 3.8) is 0 Å². The van der Waals surface area contributed by atoms with Crippen molar-refractivity contribution in [1.82, 2.24) is 14.9 Å². The molecule has 3 rings (SSSR count). The summed E-state index contributed by atoms with van der Waals surface area (Å²) in [7, 11) is 0.